The highest BCUT2D eigenvalue weighted by atomic mass is 35.5. The number of unbranched alkanes of at least 4 members (excludes halogenated alkanes) is 1. The largest absolute Gasteiger partial charge is 0.223 e. The Balaban J connectivity index is 0. The summed E-state index contributed by atoms with van der Waals surface area (Å²) in [6.45, 7) is 3.15. The minimum Gasteiger partial charge on any atom is -0.223 e. The normalized spacial score (nSPS) is 9.00. The van der Waals surface area contributed by atoms with Gasteiger partial charge in [-0.1, -0.05) is 13.3 Å². The van der Waals surface area contributed by atoms with Crippen LogP contribution in [0.2, 0.25) is 0 Å². The van der Waals surface area contributed by atoms with E-state index >= 15 is 0 Å². The van der Waals surface area contributed by atoms with E-state index in [1.54, 1.807) is 4.42 Å². The van der Waals surface area contributed by atoms with E-state index in [0.29, 0.717) is 0 Å². The molecular weight excluding hydrogens is 145 g/mol. The fourth-order valence-corrected chi connectivity index (χ4v) is 0.496. The molecule has 1 nitrogen and oxygen atoms in total. The summed E-state index contributed by atoms with van der Waals surface area (Å²) in [5, 5.41) is 0. The van der Waals surface area contributed by atoms with Crippen molar-refractivity contribution >= 4 is 24.2 Å². The third-order valence-corrected chi connectivity index (χ3v) is 0.989. The lowest BCUT2D eigenvalue weighted by atomic mass is 10.3. The van der Waals surface area contributed by atoms with Crippen LogP contribution in [0.1, 0.15) is 19.8 Å². The van der Waals surface area contributed by atoms with Gasteiger partial charge in [0, 0.05) is 13.6 Å². The van der Waals surface area contributed by atoms with Crippen molar-refractivity contribution in [2.75, 3.05) is 13.6 Å². The SMILES string of the molecule is CCCCN(C)Cl.Cl. The van der Waals surface area contributed by atoms with Crippen LogP contribution in [-0.2, 0) is 0 Å². The van der Waals surface area contributed by atoms with E-state index in [1.807, 2.05) is 7.05 Å². The Morgan fingerprint density at radius 3 is 2.12 bits per heavy atom. The maximum atomic E-state index is 5.49. The van der Waals surface area contributed by atoms with Crippen LogP contribution < -0.4 is 0 Å². The van der Waals surface area contributed by atoms with Gasteiger partial charge in [-0.2, -0.15) is 0 Å². The Hall–Kier alpha value is 0.540. The first kappa shape index (κ1) is 11.4. The summed E-state index contributed by atoms with van der Waals surface area (Å²) >= 11 is 5.49. The third-order valence-electron chi connectivity index (χ3n) is 0.820. The van der Waals surface area contributed by atoms with Crippen molar-refractivity contribution in [1.82, 2.24) is 4.42 Å². The molecule has 0 rings (SSSR count). The highest BCUT2D eigenvalue weighted by Crippen LogP contribution is 1.92. The number of halogens is 2. The van der Waals surface area contributed by atoms with Crippen molar-refractivity contribution in [1.29, 1.82) is 0 Å². The molecule has 0 spiro atoms. The van der Waals surface area contributed by atoms with E-state index in [0.717, 1.165) is 6.54 Å². The summed E-state index contributed by atoms with van der Waals surface area (Å²) in [6, 6.07) is 0. The molecule has 8 heavy (non-hydrogen) atoms. The lowest BCUT2D eigenvalue weighted by molar-refractivity contribution is 0.522. The van der Waals surface area contributed by atoms with Gasteiger partial charge in [-0.15, -0.1) is 12.4 Å². The van der Waals surface area contributed by atoms with Crippen LogP contribution in [0.15, 0.2) is 0 Å². The Kier molecular flexibility index (Phi) is 10.7. The van der Waals surface area contributed by atoms with E-state index in [9.17, 15) is 0 Å². The second-order valence-electron chi connectivity index (χ2n) is 1.68. The summed E-state index contributed by atoms with van der Waals surface area (Å²) in [5.74, 6) is 0. The van der Waals surface area contributed by atoms with Crippen molar-refractivity contribution in [3.63, 3.8) is 0 Å². The van der Waals surface area contributed by atoms with Gasteiger partial charge in [0.25, 0.3) is 0 Å². The van der Waals surface area contributed by atoms with Crippen molar-refractivity contribution in [3.8, 4) is 0 Å². The molecule has 0 radical (unpaired) electrons. The molecule has 0 aliphatic rings. The van der Waals surface area contributed by atoms with Crippen LogP contribution in [0.5, 0.6) is 0 Å². The predicted octanol–water partition coefficient (Wildman–Crippen LogP) is 2.29. The first-order chi connectivity index (χ1) is 3.27. The van der Waals surface area contributed by atoms with E-state index < -0.39 is 0 Å². The summed E-state index contributed by atoms with van der Waals surface area (Å²) in [5.41, 5.74) is 0. The van der Waals surface area contributed by atoms with Crippen LogP contribution >= 0.6 is 24.2 Å². The fraction of sp³-hybridized carbons (Fsp3) is 1.00. The minimum absolute atomic E-state index is 0. The molecule has 0 aromatic heterocycles. The topological polar surface area (TPSA) is 3.24 Å². The van der Waals surface area contributed by atoms with Crippen molar-refractivity contribution in [2.24, 2.45) is 0 Å². The Morgan fingerprint density at radius 2 is 2.00 bits per heavy atom. The van der Waals surface area contributed by atoms with Gasteiger partial charge >= 0.3 is 0 Å². The monoisotopic (exact) mass is 157 g/mol. The molecule has 0 bridgehead atoms. The molecule has 0 atom stereocenters. The van der Waals surface area contributed by atoms with Crippen molar-refractivity contribution in [2.45, 2.75) is 19.8 Å². The Labute approximate surface area is 62.5 Å². The molecule has 0 fully saturated rings. The molecule has 0 aromatic carbocycles. The van der Waals surface area contributed by atoms with Gasteiger partial charge in [-0.05, 0) is 18.2 Å². The zero-order chi connectivity index (χ0) is 5.70. The smallest absolute Gasteiger partial charge is 0.0135 e. The van der Waals surface area contributed by atoms with Crippen molar-refractivity contribution < 1.29 is 0 Å². The third kappa shape index (κ3) is 9.74. The summed E-state index contributed by atoms with van der Waals surface area (Å²) in [7, 11) is 1.87. The zero-order valence-electron chi connectivity index (χ0n) is 5.35. The molecule has 3 heteroatoms. The van der Waals surface area contributed by atoms with Gasteiger partial charge < -0.3 is 0 Å². The maximum Gasteiger partial charge on any atom is 0.0135 e. The lowest BCUT2D eigenvalue weighted by Crippen LogP contribution is -2.04. The Morgan fingerprint density at radius 1 is 1.50 bits per heavy atom. The fourth-order valence-electron chi connectivity index (χ4n) is 0.376. The predicted molar refractivity (Wildman–Crippen MR) is 40.6 cm³/mol. The maximum absolute atomic E-state index is 5.49. The first-order valence-electron chi connectivity index (χ1n) is 2.64. The van der Waals surface area contributed by atoms with Crippen LogP contribution in [0.4, 0.5) is 0 Å². The van der Waals surface area contributed by atoms with Crippen LogP contribution in [0, 0.1) is 0 Å². The van der Waals surface area contributed by atoms with Crippen LogP contribution in [0.3, 0.4) is 0 Å². The molecular formula is C5H13Cl2N. The molecule has 0 aliphatic carbocycles. The second-order valence-corrected chi connectivity index (χ2v) is 2.26. The van der Waals surface area contributed by atoms with E-state index in [-0.39, 0.29) is 12.4 Å². The van der Waals surface area contributed by atoms with E-state index in [2.05, 4.69) is 6.92 Å². The van der Waals surface area contributed by atoms with Gasteiger partial charge in [0.1, 0.15) is 0 Å². The lowest BCUT2D eigenvalue weighted by Gasteiger charge is -2.02. The van der Waals surface area contributed by atoms with E-state index in [1.165, 1.54) is 12.8 Å². The molecule has 0 N–H and O–H groups in total. The molecule has 0 aromatic rings. The summed E-state index contributed by atoms with van der Waals surface area (Å²) in [4.78, 5) is 0. The summed E-state index contributed by atoms with van der Waals surface area (Å²) < 4.78 is 1.68. The average molecular weight is 158 g/mol. The number of rotatable bonds is 3. The standard InChI is InChI=1S/C5H12ClN.ClH/c1-3-4-5-7(2)6;/h3-5H2,1-2H3;1H. The van der Waals surface area contributed by atoms with Gasteiger partial charge in [0.15, 0.2) is 0 Å². The van der Waals surface area contributed by atoms with Crippen LogP contribution in [0.25, 0.3) is 0 Å². The highest BCUT2D eigenvalue weighted by molar-refractivity contribution is 6.13. The minimum atomic E-state index is 0. The average Bonchev–Trinajstić information content (AvgIpc) is 1.61. The van der Waals surface area contributed by atoms with Gasteiger partial charge in [0.2, 0.25) is 0 Å². The molecule has 0 saturated carbocycles. The molecule has 0 aliphatic heterocycles. The number of hydrogen-bond acceptors (Lipinski definition) is 1. The molecule has 0 heterocycles. The van der Waals surface area contributed by atoms with E-state index in [4.69, 9.17) is 11.8 Å². The molecule has 0 unspecified atom stereocenters. The molecule has 0 amide bonds. The highest BCUT2D eigenvalue weighted by Gasteiger charge is 1.86. The number of nitrogens with zero attached hydrogens (tertiary/aromatic N) is 1. The zero-order valence-corrected chi connectivity index (χ0v) is 6.93. The molecule has 0 saturated heterocycles. The molecule has 52 valence electrons. The number of hydrogen-bond donors (Lipinski definition) is 0. The first-order valence-corrected chi connectivity index (χ1v) is 2.98. The van der Waals surface area contributed by atoms with Crippen molar-refractivity contribution in [3.05, 3.63) is 0 Å². The van der Waals surface area contributed by atoms with Gasteiger partial charge in [-0.3, -0.25) is 0 Å². The quantitative estimate of drug-likeness (QED) is 0.569. The van der Waals surface area contributed by atoms with Gasteiger partial charge in [-0.25, -0.2) is 4.42 Å². The van der Waals surface area contributed by atoms with Crippen LogP contribution in [-0.4, -0.2) is 18.0 Å². The van der Waals surface area contributed by atoms with Gasteiger partial charge in [0.05, 0.1) is 0 Å². The summed E-state index contributed by atoms with van der Waals surface area (Å²) in [6.07, 6.45) is 2.41. The second kappa shape index (κ2) is 7.54. The Bertz CT molecular complexity index is 39.4.